The summed E-state index contributed by atoms with van der Waals surface area (Å²) in [6, 6.07) is 7.76. The van der Waals surface area contributed by atoms with Crippen molar-refractivity contribution in [1.82, 2.24) is 5.32 Å². The van der Waals surface area contributed by atoms with Gasteiger partial charge >= 0.3 is 6.18 Å². The van der Waals surface area contributed by atoms with E-state index in [2.05, 4.69) is 10.0 Å². The summed E-state index contributed by atoms with van der Waals surface area (Å²) < 4.78 is 66.0. The van der Waals surface area contributed by atoms with Crippen LogP contribution in [0.1, 0.15) is 29.3 Å². The molecule has 5 nitrogen and oxygen atoms in total. The topological polar surface area (TPSA) is 75.3 Å². The molecule has 0 saturated carbocycles. The summed E-state index contributed by atoms with van der Waals surface area (Å²) in [5.74, 6) is -0.509. The van der Waals surface area contributed by atoms with Crippen LogP contribution in [-0.4, -0.2) is 20.9 Å². The monoisotopic (exact) mass is 420 g/mol. The molecule has 2 rings (SSSR count). The van der Waals surface area contributed by atoms with Gasteiger partial charge in [-0.15, -0.1) is 0 Å². The quantitative estimate of drug-likeness (QED) is 0.731. The normalized spacial score (nSPS) is 11.9. The average Bonchev–Trinajstić information content (AvgIpc) is 2.59. The minimum Gasteiger partial charge on any atom is -0.352 e. The fourth-order valence-electron chi connectivity index (χ4n) is 2.19. The van der Waals surface area contributed by atoms with Gasteiger partial charge in [0.15, 0.2) is 0 Å². The molecule has 1 amide bonds. The van der Waals surface area contributed by atoms with E-state index in [9.17, 15) is 26.4 Å². The number of nitrogens with one attached hydrogen (secondary N) is 2. The molecule has 0 saturated heterocycles. The van der Waals surface area contributed by atoms with Crippen LogP contribution in [0.3, 0.4) is 0 Å². The minimum atomic E-state index is -4.73. The Bertz CT molecular complexity index is 947. The zero-order valence-electron chi connectivity index (χ0n) is 14.1. The highest BCUT2D eigenvalue weighted by Crippen LogP contribution is 2.34. The van der Waals surface area contributed by atoms with Crippen LogP contribution >= 0.6 is 11.6 Å². The number of sulfonamides is 1. The second-order valence-corrected chi connectivity index (χ2v) is 7.61. The lowest BCUT2D eigenvalue weighted by Gasteiger charge is -2.15. The largest absolute Gasteiger partial charge is 0.416 e. The Morgan fingerprint density at radius 2 is 1.81 bits per heavy atom. The lowest BCUT2D eigenvalue weighted by Crippen LogP contribution is -2.26. The van der Waals surface area contributed by atoms with Gasteiger partial charge in [0.25, 0.3) is 15.9 Å². The van der Waals surface area contributed by atoms with E-state index in [1.165, 1.54) is 24.3 Å². The lowest BCUT2D eigenvalue weighted by molar-refractivity contribution is -0.137. The molecule has 0 aliphatic carbocycles. The summed E-state index contributed by atoms with van der Waals surface area (Å²) >= 11 is 5.80. The fourth-order valence-corrected chi connectivity index (χ4v) is 3.80. The van der Waals surface area contributed by atoms with Crippen molar-refractivity contribution in [3.8, 4) is 0 Å². The Kier molecular flexibility index (Phi) is 6.38. The van der Waals surface area contributed by atoms with Crippen LogP contribution in [0, 0.1) is 0 Å². The molecule has 27 heavy (non-hydrogen) atoms. The molecule has 0 radical (unpaired) electrons. The highest BCUT2D eigenvalue weighted by atomic mass is 35.5. The van der Waals surface area contributed by atoms with Crippen molar-refractivity contribution in [1.29, 1.82) is 0 Å². The molecule has 2 aromatic rings. The van der Waals surface area contributed by atoms with Crippen LogP contribution < -0.4 is 10.0 Å². The number of rotatable bonds is 6. The van der Waals surface area contributed by atoms with Gasteiger partial charge in [0, 0.05) is 6.54 Å². The van der Waals surface area contributed by atoms with Gasteiger partial charge in [-0.1, -0.05) is 30.7 Å². The van der Waals surface area contributed by atoms with Crippen LogP contribution in [0.2, 0.25) is 5.02 Å². The summed E-state index contributed by atoms with van der Waals surface area (Å²) in [5.41, 5.74) is -1.18. The van der Waals surface area contributed by atoms with E-state index in [-0.39, 0.29) is 16.3 Å². The van der Waals surface area contributed by atoms with Crippen molar-refractivity contribution in [3.63, 3.8) is 0 Å². The second-order valence-electron chi connectivity index (χ2n) is 5.55. The highest BCUT2D eigenvalue weighted by Gasteiger charge is 2.33. The van der Waals surface area contributed by atoms with Crippen molar-refractivity contribution in [2.75, 3.05) is 11.3 Å². The third-order valence-electron chi connectivity index (χ3n) is 3.50. The fraction of sp³-hybridized carbons (Fsp3) is 0.235. The molecule has 0 spiro atoms. The van der Waals surface area contributed by atoms with E-state index in [0.717, 1.165) is 6.07 Å². The number of anilines is 1. The van der Waals surface area contributed by atoms with Crippen molar-refractivity contribution in [2.24, 2.45) is 0 Å². The molecule has 0 aromatic heterocycles. The van der Waals surface area contributed by atoms with Gasteiger partial charge in [0.2, 0.25) is 0 Å². The van der Waals surface area contributed by atoms with Gasteiger partial charge in [-0.05, 0) is 36.8 Å². The summed E-state index contributed by atoms with van der Waals surface area (Å²) in [6.45, 7) is 2.24. The average molecular weight is 421 g/mol. The SMILES string of the molecule is CCCNC(=O)c1ccccc1NS(=O)(=O)c1cc(C(F)(F)F)ccc1Cl. The van der Waals surface area contributed by atoms with Crippen LogP contribution in [0.4, 0.5) is 18.9 Å². The minimum absolute atomic E-state index is 0.0395. The number of para-hydroxylation sites is 1. The molecule has 0 unspecified atom stereocenters. The maximum Gasteiger partial charge on any atom is 0.416 e. The van der Waals surface area contributed by atoms with E-state index in [0.29, 0.717) is 25.1 Å². The molecular weight excluding hydrogens is 405 g/mol. The Morgan fingerprint density at radius 1 is 1.15 bits per heavy atom. The first kappa shape index (κ1) is 21.0. The van der Waals surface area contributed by atoms with Gasteiger partial charge in [-0.3, -0.25) is 9.52 Å². The molecule has 0 aliphatic heterocycles. The highest BCUT2D eigenvalue weighted by molar-refractivity contribution is 7.92. The van der Waals surface area contributed by atoms with E-state index in [4.69, 9.17) is 11.6 Å². The summed E-state index contributed by atoms with van der Waals surface area (Å²) in [6.07, 6.45) is -4.05. The van der Waals surface area contributed by atoms with Gasteiger partial charge in [-0.25, -0.2) is 8.42 Å². The van der Waals surface area contributed by atoms with E-state index < -0.39 is 32.6 Å². The Labute approximate surface area is 159 Å². The summed E-state index contributed by atoms with van der Waals surface area (Å²) in [5, 5.41) is 2.23. The third-order valence-corrected chi connectivity index (χ3v) is 5.35. The molecule has 0 bridgehead atoms. The smallest absolute Gasteiger partial charge is 0.352 e. The van der Waals surface area contributed by atoms with Gasteiger partial charge < -0.3 is 5.32 Å². The molecule has 0 heterocycles. The molecule has 146 valence electrons. The zero-order chi connectivity index (χ0) is 20.2. The molecule has 2 aromatic carbocycles. The number of halogens is 4. The first-order valence-electron chi connectivity index (χ1n) is 7.83. The van der Waals surface area contributed by atoms with Crippen molar-refractivity contribution in [3.05, 3.63) is 58.6 Å². The summed E-state index contributed by atoms with van der Waals surface area (Å²) in [4.78, 5) is 11.4. The van der Waals surface area contributed by atoms with E-state index >= 15 is 0 Å². The number of hydrogen-bond acceptors (Lipinski definition) is 3. The van der Waals surface area contributed by atoms with Crippen molar-refractivity contribution in [2.45, 2.75) is 24.4 Å². The number of amides is 1. The van der Waals surface area contributed by atoms with Gasteiger partial charge in [0.05, 0.1) is 21.8 Å². The Morgan fingerprint density at radius 3 is 2.44 bits per heavy atom. The number of hydrogen-bond donors (Lipinski definition) is 2. The number of carbonyl (C=O) groups is 1. The molecule has 0 fully saturated rings. The second kappa shape index (κ2) is 8.18. The number of benzene rings is 2. The van der Waals surface area contributed by atoms with Gasteiger partial charge in [-0.2, -0.15) is 13.2 Å². The molecule has 10 heteroatoms. The van der Waals surface area contributed by atoms with Crippen molar-refractivity contribution < 1.29 is 26.4 Å². The van der Waals surface area contributed by atoms with Gasteiger partial charge in [0.1, 0.15) is 4.90 Å². The standard InChI is InChI=1S/C17H16ClF3N2O3S/c1-2-9-22-16(24)12-5-3-4-6-14(12)23-27(25,26)15-10-11(17(19,20)21)7-8-13(15)18/h3-8,10,23H,2,9H2,1H3,(H,22,24). The summed E-state index contributed by atoms with van der Waals surface area (Å²) in [7, 11) is -4.47. The molecular formula is C17H16ClF3N2O3S. The lowest BCUT2D eigenvalue weighted by atomic mass is 10.1. The first-order valence-corrected chi connectivity index (χ1v) is 9.69. The maximum atomic E-state index is 12.9. The Balaban J connectivity index is 2.42. The predicted molar refractivity (Wildman–Crippen MR) is 96.3 cm³/mol. The van der Waals surface area contributed by atoms with Crippen LogP contribution in [0.5, 0.6) is 0 Å². The third kappa shape index (κ3) is 5.14. The van der Waals surface area contributed by atoms with E-state index in [1.807, 2.05) is 6.92 Å². The number of alkyl halides is 3. The van der Waals surface area contributed by atoms with Crippen LogP contribution in [-0.2, 0) is 16.2 Å². The maximum absolute atomic E-state index is 12.9. The molecule has 0 atom stereocenters. The predicted octanol–water partition coefficient (Wildman–Crippen LogP) is 4.30. The van der Waals surface area contributed by atoms with Crippen LogP contribution in [0.25, 0.3) is 0 Å². The molecule has 0 aliphatic rings. The van der Waals surface area contributed by atoms with Crippen LogP contribution in [0.15, 0.2) is 47.4 Å². The molecule has 2 N–H and O–H groups in total. The van der Waals surface area contributed by atoms with Crippen molar-refractivity contribution >= 4 is 33.2 Å². The van der Waals surface area contributed by atoms with E-state index in [1.54, 1.807) is 0 Å². The Hall–Kier alpha value is -2.26. The first-order chi connectivity index (χ1) is 12.6. The zero-order valence-corrected chi connectivity index (χ0v) is 15.7. The number of carbonyl (C=O) groups excluding carboxylic acids is 1.